The molecule has 17 heavy (non-hydrogen) atoms. The predicted molar refractivity (Wildman–Crippen MR) is 66.9 cm³/mol. The lowest BCUT2D eigenvalue weighted by molar-refractivity contribution is 0.109. The molecule has 0 saturated heterocycles. The van der Waals surface area contributed by atoms with Gasteiger partial charge in [0.2, 0.25) is 0 Å². The van der Waals surface area contributed by atoms with Gasteiger partial charge < -0.3 is 14.8 Å². The van der Waals surface area contributed by atoms with E-state index in [0.29, 0.717) is 13.2 Å². The van der Waals surface area contributed by atoms with Gasteiger partial charge >= 0.3 is 0 Å². The van der Waals surface area contributed by atoms with Gasteiger partial charge in [-0.2, -0.15) is 0 Å². The first-order chi connectivity index (χ1) is 8.24. The van der Waals surface area contributed by atoms with Crippen molar-refractivity contribution in [1.29, 1.82) is 0 Å². The molecule has 0 aromatic heterocycles. The molecule has 1 aromatic rings. The summed E-state index contributed by atoms with van der Waals surface area (Å²) in [6, 6.07) is 4.71. The Hall–Kier alpha value is -1.13. The minimum atomic E-state index is -0.205. The summed E-state index contributed by atoms with van der Waals surface area (Å²) in [5, 5.41) is 3.21. The van der Waals surface area contributed by atoms with Gasteiger partial charge in [0.15, 0.2) is 0 Å². The number of aryl methyl sites for hydroxylation is 1. The highest BCUT2D eigenvalue weighted by molar-refractivity contribution is 5.50. The molecular weight excluding hydrogens is 221 g/mol. The summed E-state index contributed by atoms with van der Waals surface area (Å²) in [7, 11) is 1.68. The van der Waals surface area contributed by atoms with Crippen molar-refractivity contribution >= 4 is 5.69 Å². The summed E-state index contributed by atoms with van der Waals surface area (Å²) in [4.78, 5) is 0. The quantitative estimate of drug-likeness (QED) is 0.710. The molecule has 0 aliphatic heterocycles. The summed E-state index contributed by atoms with van der Waals surface area (Å²) in [6.07, 6.45) is 0.909. The fourth-order valence-electron chi connectivity index (χ4n) is 1.49. The molecule has 0 aliphatic rings. The third-order valence-electron chi connectivity index (χ3n) is 2.39. The van der Waals surface area contributed by atoms with Gasteiger partial charge in [-0.1, -0.05) is 0 Å². The molecule has 0 amide bonds. The van der Waals surface area contributed by atoms with E-state index in [1.165, 1.54) is 12.1 Å². The van der Waals surface area contributed by atoms with E-state index in [1.54, 1.807) is 13.2 Å². The second kappa shape index (κ2) is 8.03. The maximum Gasteiger partial charge on any atom is 0.123 e. The predicted octanol–water partition coefficient (Wildman–Crippen LogP) is 2.60. The van der Waals surface area contributed by atoms with Gasteiger partial charge in [0.05, 0.1) is 6.61 Å². The van der Waals surface area contributed by atoms with Crippen molar-refractivity contribution < 1.29 is 13.9 Å². The van der Waals surface area contributed by atoms with Crippen molar-refractivity contribution in [2.45, 2.75) is 13.3 Å². The molecule has 0 bridgehead atoms. The maximum absolute atomic E-state index is 12.8. The highest BCUT2D eigenvalue weighted by Crippen LogP contribution is 2.14. The Balaban J connectivity index is 2.14. The normalized spacial score (nSPS) is 10.5. The highest BCUT2D eigenvalue weighted by atomic mass is 19.1. The number of benzene rings is 1. The molecule has 0 saturated carbocycles. The number of ether oxygens (including phenoxy) is 2. The van der Waals surface area contributed by atoms with Gasteiger partial charge in [-0.3, -0.25) is 0 Å². The van der Waals surface area contributed by atoms with Crippen LogP contribution in [0.3, 0.4) is 0 Å². The minimum Gasteiger partial charge on any atom is -0.385 e. The number of hydrogen-bond acceptors (Lipinski definition) is 3. The van der Waals surface area contributed by atoms with Crippen LogP contribution in [0.2, 0.25) is 0 Å². The fourth-order valence-corrected chi connectivity index (χ4v) is 1.49. The highest BCUT2D eigenvalue weighted by Gasteiger charge is 1.98. The van der Waals surface area contributed by atoms with Crippen molar-refractivity contribution in [1.82, 2.24) is 0 Å². The first kappa shape index (κ1) is 13.9. The van der Waals surface area contributed by atoms with Crippen molar-refractivity contribution in [2.24, 2.45) is 0 Å². The monoisotopic (exact) mass is 241 g/mol. The van der Waals surface area contributed by atoms with E-state index >= 15 is 0 Å². The summed E-state index contributed by atoms with van der Waals surface area (Å²) < 4.78 is 23.2. The molecule has 4 heteroatoms. The zero-order valence-corrected chi connectivity index (χ0v) is 10.5. The third-order valence-corrected chi connectivity index (χ3v) is 2.39. The number of nitrogens with one attached hydrogen (secondary N) is 1. The van der Waals surface area contributed by atoms with Gasteiger partial charge in [-0.25, -0.2) is 4.39 Å². The first-order valence-electron chi connectivity index (χ1n) is 5.80. The van der Waals surface area contributed by atoms with Gasteiger partial charge in [0, 0.05) is 32.6 Å². The van der Waals surface area contributed by atoms with E-state index < -0.39 is 0 Å². The van der Waals surface area contributed by atoms with Crippen LogP contribution in [0.5, 0.6) is 0 Å². The number of methoxy groups -OCH3 is 1. The molecule has 0 aliphatic carbocycles. The lowest BCUT2D eigenvalue weighted by Gasteiger charge is -2.09. The van der Waals surface area contributed by atoms with Gasteiger partial charge in [0.25, 0.3) is 0 Å². The lowest BCUT2D eigenvalue weighted by atomic mass is 10.2. The molecule has 0 heterocycles. The standard InChI is InChI=1S/C13H20FNO2/c1-11-10-12(14)4-5-13(11)15-6-9-17-8-3-7-16-2/h4-5,10,15H,3,6-9H2,1-2H3. The molecular formula is C13H20FNO2. The van der Waals surface area contributed by atoms with Crippen LogP contribution >= 0.6 is 0 Å². The minimum absolute atomic E-state index is 0.205. The number of rotatable bonds is 8. The van der Waals surface area contributed by atoms with E-state index in [0.717, 1.165) is 30.8 Å². The van der Waals surface area contributed by atoms with E-state index in [1.807, 2.05) is 6.92 Å². The average Bonchev–Trinajstić information content (AvgIpc) is 2.30. The molecule has 0 fully saturated rings. The Morgan fingerprint density at radius 3 is 2.76 bits per heavy atom. The fraction of sp³-hybridized carbons (Fsp3) is 0.538. The van der Waals surface area contributed by atoms with Gasteiger partial charge in [-0.05, 0) is 37.1 Å². The summed E-state index contributed by atoms with van der Waals surface area (Å²) in [5.41, 5.74) is 1.86. The Kier molecular flexibility index (Phi) is 6.58. The van der Waals surface area contributed by atoms with E-state index in [9.17, 15) is 4.39 Å². The average molecular weight is 241 g/mol. The van der Waals surface area contributed by atoms with Crippen molar-refractivity contribution in [2.75, 3.05) is 38.8 Å². The first-order valence-corrected chi connectivity index (χ1v) is 5.80. The summed E-state index contributed by atoms with van der Waals surface area (Å²) in [5.74, 6) is -0.205. The second-order valence-corrected chi connectivity index (χ2v) is 3.84. The summed E-state index contributed by atoms with van der Waals surface area (Å²) in [6.45, 7) is 4.67. The number of anilines is 1. The summed E-state index contributed by atoms with van der Waals surface area (Å²) >= 11 is 0. The van der Waals surface area contributed by atoms with Crippen molar-refractivity contribution in [3.05, 3.63) is 29.6 Å². The van der Waals surface area contributed by atoms with Crippen LogP contribution in [0.15, 0.2) is 18.2 Å². The van der Waals surface area contributed by atoms with Crippen LogP contribution < -0.4 is 5.32 Å². The number of halogens is 1. The molecule has 0 atom stereocenters. The number of hydrogen-bond donors (Lipinski definition) is 1. The molecule has 0 radical (unpaired) electrons. The van der Waals surface area contributed by atoms with Crippen molar-refractivity contribution in [3.63, 3.8) is 0 Å². The Morgan fingerprint density at radius 1 is 1.24 bits per heavy atom. The Labute approximate surface area is 102 Å². The SMILES string of the molecule is COCCCOCCNc1ccc(F)cc1C. The van der Waals surface area contributed by atoms with Gasteiger partial charge in [-0.15, -0.1) is 0 Å². The molecule has 1 rings (SSSR count). The van der Waals surface area contributed by atoms with Gasteiger partial charge in [0.1, 0.15) is 5.82 Å². The maximum atomic E-state index is 12.8. The molecule has 3 nitrogen and oxygen atoms in total. The molecule has 1 N–H and O–H groups in total. The largest absolute Gasteiger partial charge is 0.385 e. The zero-order chi connectivity index (χ0) is 12.5. The van der Waals surface area contributed by atoms with Crippen LogP contribution in [0.25, 0.3) is 0 Å². The topological polar surface area (TPSA) is 30.5 Å². The smallest absolute Gasteiger partial charge is 0.123 e. The van der Waals surface area contributed by atoms with Crippen LogP contribution in [-0.4, -0.2) is 33.5 Å². The Morgan fingerprint density at radius 2 is 2.06 bits per heavy atom. The Bertz CT molecular complexity index is 331. The second-order valence-electron chi connectivity index (χ2n) is 3.84. The van der Waals surface area contributed by atoms with Crippen LogP contribution in [0.1, 0.15) is 12.0 Å². The van der Waals surface area contributed by atoms with Crippen LogP contribution in [0.4, 0.5) is 10.1 Å². The molecule has 0 spiro atoms. The molecule has 96 valence electrons. The third kappa shape index (κ3) is 5.65. The molecule has 1 aromatic carbocycles. The zero-order valence-electron chi connectivity index (χ0n) is 10.5. The van der Waals surface area contributed by atoms with Crippen molar-refractivity contribution in [3.8, 4) is 0 Å². The lowest BCUT2D eigenvalue weighted by Crippen LogP contribution is -2.11. The van der Waals surface area contributed by atoms with E-state index in [2.05, 4.69) is 5.32 Å². The van der Waals surface area contributed by atoms with E-state index in [4.69, 9.17) is 9.47 Å². The molecule has 0 unspecified atom stereocenters. The van der Waals surface area contributed by atoms with Crippen LogP contribution in [-0.2, 0) is 9.47 Å². The van der Waals surface area contributed by atoms with E-state index in [-0.39, 0.29) is 5.82 Å². The van der Waals surface area contributed by atoms with Crippen LogP contribution in [0, 0.1) is 12.7 Å².